The Hall–Kier alpha value is -2.60. The average molecular weight is 348 g/mol. The van der Waals surface area contributed by atoms with E-state index < -0.39 is 11.7 Å². The summed E-state index contributed by atoms with van der Waals surface area (Å²) in [6, 6.07) is 11.5. The Kier molecular flexibility index (Phi) is 4.66. The summed E-state index contributed by atoms with van der Waals surface area (Å²) < 4.78 is 15.3. The standard InChI is InChI=1S/C17H15ClFN3O2/c18-11-5-3-6-12(19)15(11)16(23)20-9-4-10-22-14-8-2-1-7-13(14)21-17(22)24/h1-3,5-8H,4,9-10H2,(H,20,23)(H,21,24). The van der Waals surface area contributed by atoms with Gasteiger partial charge in [-0.25, -0.2) is 9.18 Å². The molecule has 2 aromatic carbocycles. The van der Waals surface area contributed by atoms with Crippen LogP contribution in [0, 0.1) is 5.82 Å². The molecule has 5 nitrogen and oxygen atoms in total. The smallest absolute Gasteiger partial charge is 0.326 e. The van der Waals surface area contributed by atoms with Gasteiger partial charge in [-0.1, -0.05) is 29.8 Å². The van der Waals surface area contributed by atoms with Gasteiger partial charge in [0.25, 0.3) is 5.91 Å². The number of aromatic amines is 1. The summed E-state index contributed by atoms with van der Waals surface area (Å²) in [6.07, 6.45) is 0.527. The van der Waals surface area contributed by atoms with Crippen molar-refractivity contribution in [3.05, 3.63) is 69.4 Å². The Balaban J connectivity index is 1.62. The number of H-pyrrole nitrogens is 1. The van der Waals surface area contributed by atoms with Crippen LogP contribution in [0.5, 0.6) is 0 Å². The van der Waals surface area contributed by atoms with Gasteiger partial charge in [-0.15, -0.1) is 0 Å². The fraction of sp³-hybridized carbons (Fsp3) is 0.176. The largest absolute Gasteiger partial charge is 0.352 e. The molecule has 3 aromatic rings. The molecule has 1 heterocycles. The predicted molar refractivity (Wildman–Crippen MR) is 90.9 cm³/mol. The second kappa shape index (κ2) is 6.88. The second-order valence-corrected chi connectivity index (χ2v) is 5.71. The van der Waals surface area contributed by atoms with Crippen molar-refractivity contribution in [2.24, 2.45) is 0 Å². The maximum absolute atomic E-state index is 13.7. The highest BCUT2D eigenvalue weighted by Crippen LogP contribution is 2.18. The number of aryl methyl sites for hydroxylation is 1. The van der Waals surface area contributed by atoms with Gasteiger partial charge in [-0.05, 0) is 30.7 Å². The first-order valence-corrected chi connectivity index (χ1v) is 7.85. The number of rotatable bonds is 5. The molecular formula is C17H15ClFN3O2. The Bertz CT molecular complexity index is 928. The SMILES string of the molecule is O=C(NCCCn1c(=O)[nH]c2ccccc21)c1c(F)cccc1Cl. The number of carbonyl (C=O) groups excluding carboxylic acids is 1. The number of benzene rings is 2. The zero-order chi connectivity index (χ0) is 17.1. The van der Waals surface area contributed by atoms with Crippen LogP contribution in [0.1, 0.15) is 16.8 Å². The molecule has 0 saturated carbocycles. The maximum Gasteiger partial charge on any atom is 0.326 e. The molecule has 1 aromatic heterocycles. The summed E-state index contributed by atoms with van der Waals surface area (Å²) in [7, 11) is 0. The monoisotopic (exact) mass is 347 g/mol. The number of hydrogen-bond donors (Lipinski definition) is 2. The van der Waals surface area contributed by atoms with E-state index in [0.29, 0.717) is 19.5 Å². The van der Waals surface area contributed by atoms with Crippen LogP contribution in [-0.4, -0.2) is 22.0 Å². The highest BCUT2D eigenvalue weighted by molar-refractivity contribution is 6.33. The molecule has 0 aliphatic carbocycles. The van der Waals surface area contributed by atoms with E-state index in [0.717, 1.165) is 11.0 Å². The number of aromatic nitrogens is 2. The van der Waals surface area contributed by atoms with Gasteiger partial charge in [0, 0.05) is 13.1 Å². The summed E-state index contributed by atoms with van der Waals surface area (Å²) in [5, 5.41) is 2.69. The topological polar surface area (TPSA) is 66.9 Å². The number of carbonyl (C=O) groups is 1. The molecule has 3 rings (SSSR count). The third-order valence-corrected chi connectivity index (χ3v) is 4.03. The molecule has 0 atom stereocenters. The minimum Gasteiger partial charge on any atom is -0.352 e. The molecule has 1 amide bonds. The number of nitrogens with zero attached hydrogens (tertiary/aromatic N) is 1. The van der Waals surface area contributed by atoms with Crippen LogP contribution >= 0.6 is 11.6 Å². The zero-order valence-corrected chi connectivity index (χ0v) is 13.4. The maximum atomic E-state index is 13.7. The number of nitrogens with one attached hydrogen (secondary N) is 2. The van der Waals surface area contributed by atoms with Crippen molar-refractivity contribution in [1.82, 2.24) is 14.9 Å². The zero-order valence-electron chi connectivity index (χ0n) is 12.7. The first kappa shape index (κ1) is 16.3. The minimum atomic E-state index is -0.659. The fourth-order valence-electron chi connectivity index (χ4n) is 2.57. The van der Waals surface area contributed by atoms with Gasteiger partial charge in [0.1, 0.15) is 5.82 Å². The summed E-state index contributed by atoms with van der Waals surface area (Å²) in [5.41, 5.74) is 1.22. The van der Waals surface area contributed by atoms with Crippen molar-refractivity contribution in [3.8, 4) is 0 Å². The Morgan fingerprint density at radius 3 is 2.79 bits per heavy atom. The van der Waals surface area contributed by atoms with Crippen LogP contribution in [-0.2, 0) is 6.54 Å². The Labute approximate surface area is 142 Å². The molecule has 0 unspecified atom stereocenters. The molecule has 2 N–H and O–H groups in total. The van der Waals surface area contributed by atoms with E-state index in [1.165, 1.54) is 18.2 Å². The normalized spacial score (nSPS) is 10.9. The summed E-state index contributed by atoms with van der Waals surface area (Å²) in [4.78, 5) is 26.7. The van der Waals surface area contributed by atoms with Gasteiger partial charge in [-0.2, -0.15) is 0 Å². The minimum absolute atomic E-state index is 0.0698. The summed E-state index contributed by atoms with van der Waals surface area (Å²) in [5.74, 6) is -1.22. The third-order valence-electron chi connectivity index (χ3n) is 3.72. The number of hydrogen-bond acceptors (Lipinski definition) is 2. The molecule has 0 aliphatic rings. The summed E-state index contributed by atoms with van der Waals surface area (Å²) in [6.45, 7) is 0.740. The molecule has 0 radical (unpaired) electrons. The summed E-state index contributed by atoms with van der Waals surface area (Å²) >= 11 is 5.85. The van der Waals surface area contributed by atoms with Gasteiger partial charge >= 0.3 is 5.69 Å². The van der Waals surface area contributed by atoms with Crippen LogP contribution in [0.2, 0.25) is 5.02 Å². The van der Waals surface area contributed by atoms with Crippen molar-refractivity contribution < 1.29 is 9.18 Å². The second-order valence-electron chi connectivity index (χ2n) is 5.31. The molecule has 0 saturated heterocycles. The van der Waals surface area contributed by atoms with Gasteiger partial charge in [0.2, 0.25) is 0 Å². The lowest BCUT2D eigenvalue weighted by Gasteiger charge is -2.08. The molecule has 124 valence electrons. The fourth-order valence-corrected chi connectivity index (χ4v) is 2.82. The molecule has 24 heavy (non-hydrogen) atoms. The number of fused-ring (bicyclic) bond motifs is 1. The molecule has 0 spiro atoms. The molecular weight excluding hydrogens is 333 g/mol. The van der Waals surface area contributed by atoms with Gasteiger partial charge in [0.05, 0.1) is 21.6 Å². The third kappa shape index (κ3) is 3.19. The van der Waals surface area contributed by atoms with E-state index in [2.05, 4.69) is 10.3 Å². The predicted octanol–water partition coefficient (Wildman–Crippen LogP) is 2.94. The average Bonchev–Trinajstić information content (AvgIpc) is 2.87. The highest BCUT2D eigenvalue weighted by Gasteiger charge is 2.15. The number of imidazole rings is 1. The highest BCUT2D eigenvalue weighted by atomic mass is 35.5. The van der Waals surface area contributed by atoms with Gasteiger partial charge in [0.15, 0.2) is 0 Å². The van der Waals surface area contributed by atoms with Crippen molar-refractivity contribution in [2.75, 3.05) is 6.54 Å². The van der Waals surface area contributed by atoms with Crippen LogP contribution in [0.15, 0.2) is 47.3 Å². The van der Waals surface area contributed by atoms with E-state index in [4.69, 9.17) is 11.6 Å². The van der Waals surface area contributed by atoms with E-state index in [1.807, 2.05) is 24.3 Å². The molecule has 0 bridgehead atoms. The van der Waals surface area contributed by atoms with Gasteiger partial charge < -0.3 is 10.3 Å². The van der Waals surface area contributed by atoms with Crippen LogP contribution in [0.25, 0.3) is 11.0 Å². The Morgan fingerprint density at radius 1 is 1.21 bits per heavy atom. The van der Waals surface area contributed by atoms with Crippen LogP contribution in [0.4, 0.5) is 4.39 Å². The Morgan fingerprint density at radius 2 is 2.00 bits per heavy atom. The lowest BCUT2D eigenvalue weighted by Crippen LogP contribution is -2.27. The first-order valence-electron chi connectivity index (χ1n) is 7.47. The molecule has 7 heteroatoms. The van der Waals surface area contributed by atoms with Crippen LogP contribution < -0.4 is 11.0 Å². The van der Waals surface area contributed by atoms with Crippen molar-refractivity contribution in [2.45, 2.75) is 13.0 Å². The molecule has 0 aliphatic heterocycles. The van der Waals surface area contributed by atoms with Gasteiger partial charge in [-0.3, -0.25) is 9.36 Å². The quantitative estimate of drug-likeness (QED) is 0.697. The van der Waals surface area contributed by atoms with Crippen molar-refractivity contribution in [3.63, 3.8) is 0 Å². The number of halogens is 2. The van der Waals surface area contributed by atoms with Crippen molar-refractivity contribution >= 4 is 28.5 Å². The van der Waals surface area contributed by atoms with Crippen LogP contribution in [0.3, 0.4) is 0 Å². The number of para-hydroxylation sites is 2. The molecule has 0 fully saturated rings. The van der Waals surface area contributed by atoms with E-state index >= 15 is 0 Å². The van der Waals surface area contributed by atoms with E-state index in [-0.39, 0.29) is 16.3 Å². The number of amides is 1. The first-order chi connectivity index (χ1) is 11.6. The van der Waals surface area contributed by atoms with Crippen molar-refractivity contribution in [1.29, 1.82) is 0 Å². The lowest BCUT2D eigenvalue weighted by atomic mass is 10.2. The van der Waals surface area contributed by atoms with E-state index in [1.54, 1.807) is 4.57 Å². The lowest BCUT2D eigenvalue weighted by molar-refractivity contribution is 0.0949. The van der Waals surface area contributed by atoms with E-state index in [9.17, 15) is 14.0 Å².